The van der Waals surface area contributed by atoms with Gasteiger partial charge in [-0.25, -0.2) is 31.9 Å². The Morgan fingerprint density at radius 1 is 0.857 bits per heavy atom. The number of amides is 1. The van der Waals surface area contributed by atoms with Gasteiger partial charge >= 0.3 is 0 Å². The molecule has 2 aromatic carbocycles. The van der Waals surface area contributed by atoms with Crippen molar-refractivity contribution in [2.75, 3.05) is 10.6 Å². The summed E-state index contributed by atoms with van der Waals surface area (Å²) in [6.07, 6.45) is 0. The third kappa shape index (κ3) is 4.05. The van der Waals surface area contributed by atoms with Crippen LogP contribution < -0.4 is 10.6 Å². The molecule has 1 heterocycles. The van der Waals surface area contributed by atoms with E-state index >= 15 is 0 Å². The predicted octanol–water partition coefficient (Wildman–Crippen LogP) is 4.48. The molecule has 3 aromatic rings. The number of aryl methyl sites for hydroxylation is 1. The minimum atomic E-state index is -1.67. The fraction of sp³-hybridized carbons (Fsp3) is 0.0556. The number of rotatable bonds is 4. The molecule has 0 unspecified atom stereocenters. The molecule has 0 bridgehead atoms. The van der Waals surface area contributed by atoms with E-state index in [2.05, 4.69) is 20.6 Å². The molecule has 144 valence electrons. The normalized spacial score (nSPS) is 10.6. The molecule has 1 amide bonds. The Bertz CT molecular complexity index is 1070. The Hall–Kier alpha value is -3.56. The van der Waals surface area contributed by atoms with Crippen LogP contribution in [0.5, 0.6) is 0 Å². The second kappa shape index (κ2) is 7.59. The van der Waals surface area contributed by atoms with Gasteiger partial charge in [0, 0.05) is 12.1 Å². The van der Waals surface area contributed by atoms with Crippen LogP contribution in [0.25, 0.3) is 0 Å². The molecule has 0 fully saturated rings. The number of carbonyl (C=O) groups is 1. The lowest BCUT2D eigenvalue weighted by atomic mass is 10.2. The van der Waals surface area contributed by atoms with E-state index in [-0.39, 0.29) is 23.0 Å². The summed E-state index contributed by atoms with van der Waals surface area (Å²) in [5, 5.41) is 4.64. The first-order valence-electron chi connectivity index (χ1n) is 7.77. The van der Waals surface area contributed by atoms with Crippen molar-refractivity contribution in [3.05, 3.63) is 77.0 Å². The fourth-order valence-corrected chi connectivity index (χ4v) is 2.29. The van der Waals surface area contributed by atoms with Gasteiger partial charge in [-0.2, -0.15) is 0 Å². The lowest BCUT2D eigenvalue weighted by Gasteiger charge is -2.10. The summed E-state index contributed by atoms with van der Waals surface area (Å²) in [5.41, 5.74) is -0.904. The Balaban J connectivity index is 1.87. The smallest absolute Gasteiger partial charge is 0.274 e. The zero-order valence-electron chi connectivity index (χ0n) is 14.2. The summed E-state index contributed by atoms with van der Waals surface area (Å²) >= 11 is 0. The molecule has 0 aliphatic heterocycles. The second-order valence-electron chi connectivity index (χ2n) is 5.61. The quantitative estimate of drug-likeness (QED) is 0.506. The third-order valence-corrected chi connectivity index (χ3v) is 3.55. The van der Waals surface area contributed by atoms with Gasteiger partial charge in [0.1, 0.15) is 29.0 Å². The number of benzene rings is 2. The lowest BCUT2D eigenvalue weighted by Crippen LogP contribution is -2.16. The first kappa shape index (κ1) is 19.2. The Morgan fingerprint density at radius 2 is 1.57 bits per heavy atom. The van der Waals surface area contributed by atoms with Gasteiger partial charge in [0.05, 0.1) is 11.4 Å². The molecule has 28 heavy (non-hydrogen) atoms. The second-order valence-corrected chi connectivity index (χ2v) is 5.61. The van der Waals surface area contributed by atoms with Crippen molar-refractivity contribution < 1.29 is 26.7 Å². The molecule has 3 rings (SSSR count). The SMILES string of the molecule is Cc1nc(Nc2ccc(F)c(F)c2F)cc(C(=O)Nc2ccc(F)cc2F)n1. The number of anilines is 3. The van der Waals surface area contributed by atoms with Crippen LogP contribution in [0.4, 0.5) is 39.1 Å². The topological polar surface area (TPSA) is 66.9 Å². The number of nitrogens with one attached hydrogen (secondary N) is 2. The summed E-state index contributed by atoms with van der Waals surface area (Å²) in [7, 11) is 0. The van der Waals surface area contributed by atoms with E-state index in [0.717, 1.165) is 30.3 Å². The molecular weight excluding hydrogens is 383 g/mol. The van der Waals surface area contributed by atoms with Gasteiger partial charge in [0.15, 0.2) is 17.5 Å². The van der Waals surface area contributed by atoms with Crippen molar-refractivity contribution >= 4 is 23.1 Å². The Morgan fingerprint density at radius 3 is 2.29 bits per heavy atom. The molecule has 0 aliphatic carbocycles. The van der Waals surface area contributed by atoms with Crippen LogP contribution >= 0.6 is 0 Å². The maximum absolute atomic E-state index is 13.8. The minimum Gasteiger partial charge on any atom is -0.338 e. The summed E-state index contributed by atoms with van der Waals surface area (Å²) in [6, 6.07) is 5.37. The van der Waals surface area contributed by atoms with Crippen LogP contribution in [0.1, 0.15) is 16.3 Å². The number of aromatic nitrogens is 2. The van der Waals surface area contributed by atoms with E-state index in [0.29, 0.717) is 6.07 Å². The number of halogens is 5. The van der Waals surface area contributed by atoms with Crippen molar-refractivity contribution in [1.29, 1.82) is 0 Å². The number of carbonyl (C=O) groups excluding carboxylic acids is 1. The van der Waals surface area contributed by atoms with E-state index in [1.807, 2.05) is 0 Å². The first-order valence-corrected chi connectivity index (χ1v) is 7.77. The van der Waals surface area contributed by atoms with Gasteiger partial charge in [-0.15, -0.1) is 0 Å². The largest absolute Gasteiger partial charge is 0.338 e. The number of hydrogen-bond acceptors (Lipinski definition) is 4. The van der Waals surface area contributed by atoms with Gasteiger partial charge in [0.2, 0.25) is 0 Å². The van der Waals surface area contributed by atoms with E-state index in [1.165, 1.54) is 6.92 Å². The molecule has 0 radical (unpaired) electrons. The molecule has 0 aliphatic rings. The van der Waals surface area contributed by atoms with Gasteiger partial charge in [0.25, 0.3) is 5.91 Å². The Kier molecular flexibility index (Phi) is 5.21. The van der Waals surface area contributed by atoms with Crippen molar-refractivity contribution in [3.8, 4) is 0 Å². The standard InChI is InChI=1S/C18H11F5N4O/c1-8-24-14(18(28)27-12-4-2-9(19)6-11(12)21)7-15(25-8)26-13-5-3-10(20)16(22)17(13)23/h2-7H,1H3,(H,27,28)(H,24,25,26). The van der Waals surface area contributed by atoms with Crippen LogP contribution in [0, 0.1) is 36.0 Å². The van der Waals surface area contributed by atoms with E-state index in [1.54, 1.807) is 0 Å². The van der Waals surface area contributed by atoms with Gasteiger partial charge < -0.3 is 10.6 Å². The highest BCUT2D eigenvalue weighted by Gasteiger charge is 2.16. The predicted molar refractivity (Wildman–Crippen MR) is 90.7 cm³/mol. The average Bonchev–Trinajstić information content (AvgIpc) is 2.64. The van der Waals surface area contributed by atoms with Crippen LogP contribution in [-0.2, 0) is 0 Å². The molecule has 5 nitrogen and oxygen atoms in total. The maximum Gasteiger partial charge on any atom is 0.274 e. The zero-order valence-corrected chi connectivity index (χ0v) is 14.2. The minimum absolute atomic E-state index is 0.0814. The van der Waals surface area contributed by atoms with Gasteiger partial charge in [-0.1, -0.05) is 0 Å². The summed E-state index contributed by atoms with van der Waals surface area (Å²) in [6.45, 7) is 1.43. The summed E-state index contributed by atoms with van der Waals surface area (Å²) in [5.74, 6) is -7.11. The molecule has 0 saturated carbocycles. The molecular formula is C18H11F5N4O. The van der Waals surface area contributed by atoms with E-state index in [4.69, 9.17) is 0 Å². The van der Waals surface area contributed by atoms with Crippen molar-refractivity contribution in [2.24, 2.45) is 0 Å². The molecule has 2 N–H and O–H groups in total. The highest BCUT2D eigenvalue weighted by Crippen LogP contribution is 2.23. The zero-order chi connectivity index (χ0) is 20.4. The summed E-state index contributed by atoms with van der Waals surface area (Å²) < 4.78 is 66.8. The summed E-state index contributed by atoms with van der Waals surface area (Å²) in [4.78, 5) is 20.1. The Labute approximate surface area is 155 Å². The number of nitrogens with zero attached hydrogens (tertiary/aromatic N) is 2. The van der Waals surface area contributed by atoms with Gasteiger partial charge in [-0.05, 0) is 31.2 Å². The van der Waals surface area contributed by atoms with E-state index in [9.17, 15) is 26.7 Å². The van der Waals surface area contributed by atoms with Crippen molar-refractivity contribution in [1.82, 2.24) is 9.97 Å². The van der Waals surface area contributed by atoms with E-state index < -0.39 is 40.7 Å². The van der Waals surface area contributed by atoms with Gasteiger partial charge in [-0.3, -0.25) is 4.79 Å². The highest BCUT2D eigenvalue weighted by atomic mass is 19.2. The lowest BCUT2D eigenvalue weighted by molar-refractivity contribution is 0.102. The fourth-order valence-electron chi connectivity index (χ4n) is 2.29. The molecule has 0 spiro atoms. The van der Waals surface area contributed by atoms with Crippen LogP contribution in [0.2, 0.25) is 0 Å². The van der Waals surface area contributed by atoms with Crippen LogP contribution in [0.15, 0.2) is 36.4 Å². The van der Waals surface area contributed by atoms with Crippen LogP contribution in [-0.4, -0.2) is 15.9 Å². The molecule has 0 saturated heterocycles. The number of hydrogen-bond donors (Lipinski definition) is 2. The molecule has 0 atom stereocenters. The molecule has 1 aromatic heterocycles. The monoisotopic (exact) mass is 394 g/mol. The van der Waals surface area contributed by atoms with Crippen LogP contribution in [0.3, 0.4) is 0 Å². The maximum atomic E-state index is 13.8. The average molecular weight is 394 g/mol. The van der Waals surface area contributed by atoms with Crippen molar-refractivity contribution in [2.45, 2.75) is 6.92 Å². The highest BCUT2D eigenvalue weighted by molar-refractivity contribution is 6.03. The first-order chi connectivity index (χ1) is 13.2. The molecule has 10 heteroatoms. The third-order valence-electron chi connectivity index (χ3n) is 3.55. The van der Waals surface area contributed by atoms with Crippen molar-refractivity contribution in [3.63, 3.8) is 0 Å².